The number of nitrogens with zero attached hydrogens (tertiary/aromatic N) is 1. The largest absolute Gasteiger partial charge is 0.468 e. The quantitative estimate of drug-likeness (QED) is 0.148. The molecule has 4 rings (SSSR count). The highest BCUT2D eigenvalue weighted by atomic mass is 17.3. The van der Waals surface area contributed by atoms with Crippen molar-refractivity contribution in [2.24, 2.45) is 17.8 Å². The van der Waals surface area contributed by atoms with Gasteiger partial charge in [-0.15, -0.1) is 0 Å². The van der Waals surface area contributed by atoms with E-state index in [0.29, 0.717) is 24.4 Å². The molecule has 0 aromatic heterocycles. The molecule has 2 saturated carbocycles. The van der Waals surface area contributed by atoms with Crippen LogP contribution in [0.25, 0.3) is 0 Å². The maximum absolute atomic E-state index is 6.21. The Morgan fingerprint density at radius 1 is 1.00 bits per heavy atom. The van der Waals surface area contributed by atoms with Crippen molar-refractivity contribution in [1.29, 1.82) is 0 Å². The Morgan fingerprint density at radius 2 is 1.75 bits per heavy atom. The molecule has 1 aromatic rings. The third kappa shape index (κ3) is 5.20. The Hall–Kier alpha value is -1.22. The number of likely N-dealkylation sites (N-methyl/N-ethyl adjacent to an activating group) is 1. The third-order valence-electron chi connectivity index (χ3n) is 9.35. The highest BCUT2D eigenvalue weighted by Crippen LogP contribution is 2.65. The van der Waals surface area contributed by atoms with E-state index in [4.69, 9.17) is 28.7 Å². The minimum absolute atomic E-state index is 0.229. The normalized spacial score (nSPS) is 31.9. The van der Waals surface area contributed by atoms with Gasteiger partial charge in [0.25, 0.3) is 5.79 Å². The number of methoxy groups -OCH3 is 1. The van der Waals surface area contributed by atoms with E-state index in [1.807, 2.05) is 25.1 Å². The smallest absolute Gasteiger partial charge is 0.260 e. The van der Waals surface area contributed by atoms with Crippen molar-refractivity contribution in [3.8, 4) is 5.75 Å². The SMILES string of the molecule is CCOCOc1cccc(C2(OC)OOC23C2CCCC3CC(CCOCC[N+](C)(CC)CC)C2)c1. The fourth-order valence-corrected chi connectivity index (χ4v) is 6.73. The van der Waals surface area contributed by atoms with Crippen LogP contribution in [-0.4, -0.2) is 70.5 Å². The Morgan fingerprint density at radius 3 is 2.36 bits per heavy atom. The molecule has 3 aliphatic rings. The van der Waals surface area contributed by atoms with Gasteiger partial charge in [0.2, 0.25) is 0 Å². The average molecular weight is 507 g/mol. The van der Waals surface area contributed by atoms with Crippen LogP contribution in [0.1, 0.15) is 64.9 Å². The second kappa shape index (κ2) is 12.1. The first-order chi connectivity index (χ1) is 17.5. The fraction of sp³-hybridized carbons (Fsp3) is 0.793. The molecule has 7 heteroatoms. The maximum atomic E-state index is 6.21. The van der Waals surface area contributed by atoms with Gasteiger partial charge in [0.1, 0.15) is 12.3 Å². The molecule has 0 radical (unpaired) electrons. The number of hydrogen-bond donors (Lipinski definition) is 0. The Kier molecular flexibility index (Phi) is 9.34. The summed E-state index contributed by atoms with van der Waals surface area (Å²) in [4.78, 5) is 12.1. The van der Waals surface area contributed by atoms with Crippen molar-refractivity contribution in [2.45, 2.75) is 70.7 Å². The van der Waals surface area contributed by atoms with E-state index in [1.165, 1.54) is 6.42 Å². The molecule has 3 atom stereocenters. The molecule has 0 amide bonds. The van der Waals surface area contributed by atoms with Crippen molar-refractivity contribution in [2.75, 3.05) is 60.4 Å². The van der Waals surface area contributed by atoms with Gasteiger partial charge in [0, 0.05) is 25.9 Å². The number of rotatable bonds is 14. The second-order valence-electron chi connectivity index (χ2n) is 11.1. The molecule has 2 aliphatic carbocycles. The molecule has 36 heavy (non-hydrogen) atoms. The number of quaternary nitrogens is 1. The zero-order valence-electron chi connectivity index (χ0n) is 23.1. The summed E-state index contributed by atoms with van der Waals surface area (Å²) in [5.41, 5.74) is 0.509. The summed E-state index contributed by atoms with van der Waals surface area (Å²) in [6, 6.07) is 8.02. The van der Waals surface area contributed by atoms with Gasteiger partial charge < -0.3 is 23.4 Å². The van der Waals surface area contributed by atoms with E-state index in [0.717, 1.165) is 80.7 Å². The second-order valence-corrected chi connectivity index (χ2v) is 11.1. The molecule has 204 valence electrons. The van der Waals surface area contributed by atoms with Gasteiger partial charge in [-0.1, -0.05) is 18.6 Å². The minimum Gasteiger partial charge on any atom is -0.468 e. The lowest BCUT2D eigenvalue weighted by Crippen LogP contribution is -2.74. The summed E-state index contributed by atoms with van der Waals surface area (Å²) in [6.45, 7) is 12.4. The maximum Gasteiger partial charge on any atom is 0.260 e. The van der Waals surface area contributed by atoms with Crippen molar-refractivity contribution in [1.82, 2.24) is 0 Å². The lowest BCUT2D eigenvalue weighted by Gasteiger charge is -2.65. The lowest BCUT2D eigenvalue weighted by atomic mass is 9.54. The molecule has 7 nitrogen and oxygen atoms in total. The molecule has 2 bridgehead atoms. The van der Waals surface area contributed by atoms with E-state index in [1.54, 1.807) is 7.11 Å². The Bertz CT molecular complexity index is 812. The van der Waals surface area contributed by atoms with Crippen LogP contribution in [0.15, 0.2) is 24.3 Å². The van der Waals surface area contributed by atoms with Gasteiger partial charge >= 0.3 is 0 Å². The molecule has 1 heterocycles. The number of ether oxygens (including phenoxy) is 4. The molecule has 3 fully saturated rings. The molecule has 1 spiro atoms. The third-order valence-corrected chi connectivity index (χ3v) is 9.35. The van der Waals surface area contributed by atoms with Crippen LogP contribution >= 0.6 is 0 Å². The van der Waals surface area contributed by atoms with E-state index in [2.05, 4.69) is 27.0 Å². The Labute approximate surface area is 217 Å². The molecule has 1 aromatic carbocycles. The van der Waals surface area contributed by atoms with Gasteiger partial charge in [0.15, 0.2) is 12.4 Å². The number of benzene rings is 1. The van der Waals surface area contributed by atoms with E-state index in [9.17, 15) is 0 Å². The minimum atomic E-state index is -0.905. The van der Waals surface area contributed by atoms with E-state index >= 15 is 0 Å². The highest BCUT2D eigenvalue weighted by molar-refractivity contribution is 5.35. The van der Waals surface area contributed by atoms with Crippen LogP contribution in [0.2, 0.25) is 0 Å². The van der Waals surface area contributed by atoms with Crippen molar-refractivity contribution in [3.63, 3.8) is 0 Å². The summed E-state index contributed by atoms with van der Waals surface area (Å²) in [6.07, 6.45) is 6.91. The predicted octanol–water partition coefficient (Wildman–Crippen LogP) is 5.28. The van der Waals surface area contributed by atoms with E-state index < -0.39 is 11.4 Å². The summed E-state index contributed by atoms with van der Waals surface area (Å²) in [5, 5.41) is 0. The van der Waals surface area contributed by atoms with Gasteiger partial charge in [0.05, 0.1) is 26.7 Å². The summed E-state index contributed by atoms with van der Waals surface area (Å²) < 4.78 is 24.6. The summed E-state index contributed by atoms with van der Waals surface area (Å²) >= 11 is 0. The Balaban J connectivity index is 1.41. The summed E-state index contributed by atoms with van der Waals surface area (Å²) in [5.74, 6) is 1.30. The average Bonchev–Trinajstić information content (AvgIpc) is 2.88. The standard InChI is InChI=1S/C29H48NO6/c1-6-30(4,7-2)16-18-33-17-15-23-19-24-11-9-12-25(20-23)28(24)29(31-5,36-35-28)26-13-10-14-27(21-26)34-22-32-8-3/h10,13-14,21,23-25H,6-9,11-12,15-20,22H2,1-5H3/q+1. The van der Waals surface area contributed by atoms with Crippen LogP contribution < -0.4 is 4.74 Å². The molecule has 1 aliphatic heterocycles. The molecule has 1 saturated heterocycles. The van der Waals surface area contributed by atoms with Crippen molar-refractivity contribution in [3.05, 3.63) is 29.8 Å². The summed E-state index contributed by atoms with van der Waals surface area (Å²) in [7, 11) is 4.06. The first kappa shape index (κ1) is 27.8. The topological polar surface area (TPSA) is 55.4 Å². The van der Waals surface area contributed by atoms with Crippen LogP contribution in [-0.2, 0) is 29.8 Å². The molecule has 3 unspecified atom stereocenters. The molecular formula is C29H48NO6+. The van der Waals surface area contributed by atoms with Gasteiger partial charge in [-0.05, 0) is 82.8 Å². The van der Waals surface area contributed by atoms with Crippen LogP contribution in [0.3, 0.4) is 0 Å². The van der Waals surface area contributed by atoms with Crippen LogP contribution in [0, 0.1) is 17.8 Å². The lowest BCUT2D eigenvalue weighted by molar-refractivity contribution is -0.906. The van der Waals surface area contributed by atoms with Crippen LogP contribution in [0.5, 0.6) is 5.75 Å². The van der Waals surface area contributed by atoms with Crippen molar-refractivity contribution >= 4 is 0 Å². The number of hydrogen-bond acceptors (Lipinski definition) is 6. The van der Waals surface area contributed by atoms with Crippen molar-refractivity contribution < 1.29 is 33.2 Å². The predicted molar refractivity (Wildman–Crippen MR) is 138 cm³/mol. The fourth-order valence-electron chi connectivity index (χ4n) is 6.73. The highest BCUT2D eigenvalue weighted by Gasteiger charge is 2.74. The van der Waals surface area contributed by atoms with Gasteiger partial charge in [-0.25, -0.2) is 4.89 Å². The zero-order chi connectivity index (χ0) is 25.7. The van der Waals surface area contributed by atoms with E-state index in [-0.39, 0.29) is 6.79 Å². The first-order valence-corrected chi connectivity index (χ1v) is 14.1. The molecular weight excluding hydrogens is 458 g/mol. The first-order valence-electron chi connectivity index (χ1n) is 14.1. The van der Waals surface area contributed by atoms with Gasteiger partial charge in [-0.3, -0.25) is 0 Å². The molecule has 0 N–H and O–H groups in total. The van der Waals surface area contributed by atoms with Gasteiger partial charge in [-0.2, -0.15) is 4.89 Å². The zero-order valence-corrected chi connectivity index (χ0v) is 23.1. The van der Waals surface area contributed by atoms with Crippen LogP contribution in [0.4, 0.5) is 0 Å². The monoisotopic (exact) mass is 506 g/mol.